The van der Waals surface area contributed by atoms with E-state index in [0.29, 0.717) is 13.1 Å². The van der Waals surface area contributed by atoms with Gasteiger partial charge in [0.25, 0.3) is 0 Å². The van der Waals surface area contributed by atoms with Crippen LogP contribution >= 0.6 is 0 Å². The molecule has 2 amide bonds. The number of nitrogens with two attached hydrogens (primary N) is 1. The summed E-state index contributed by atoms with van der Waals surface area (Å²) in [6.07, 6.45) is 2.55. The Kier molecular flexibility index (Phi) is 4.81. The normalized spacial score (nSPS) is 20.4. The lowest BCUT2D eigenvalue weighted by molar-refractivity contribution is -0.128. The van der Waals surface area contributed by atoms with Gasteiger partial charge in [0, 0.05) is 19.1 Å². The summed E-state index contributed by atoms with van der Waals surface area (Å²) in [6, 6.07) is 9.96. The van der Waals surface area contributed by atoms with E-state index in [9.17, 15) is 9.59 Å². The predicted molar refractivity (Wildman–Crippen MR) is 85.5 cm³/mol. The van der Waals surface area contributed by atoms with Crippen LogP contribution in [-0.4, -0.2) is 53.5 Å². The van der Waals surface area contributed by atoms with E-state index in [1.54, 1.807) is 4.90 Å². The third-order valence-electron chi connectivity index (χ3n) is 4.44. The van der Waals surface area contributed by atoms with E-state index >= 15 is 0 Å². The van der Waals surface area contributed by atoms with E-state index in [1.807, 2.05) is 35.2 Å². The molecular weight excluding hydrogens is 294 g/mol. The summed E-state index contributed by atoms with van der Waals surface area (Å²) in [5, 5.41) is 0. The van der Waals surface area contributed by atoms with E-state index in [4.69, 9.17) is 10.5 Å². The number of amides is 2. The molecule has 1 aromatic carbocycles. The molecule has 0 bridgehead atoms. The van der Waals surface area contributed by atoms with Gasteiger partial charge in [-0.3, -0.25) is 4.79 Å². The fraction of sp³-hybridized carbons (Fsp3) is 0.529. The molecule has 1 saturated heterocycles. The minimum Gasteiger partial charge on any atom is -0.445 e. The zero-order valence-corrected chi connectivity index (χ0v) is 13.2. The number of benzene rings is 1. The molecule has 0 aromatic heterocycles. The van der Waals surface area contributed by atoms with Crippen LogP contribution in [0.25, 0.3) is 0 Å². The molecule has 2 fully saturated rings. The lowest BCUT2D eigenvalue weighted by atomic mass is 10.2. The third-order valence-corrected chi connectivity index (χ3v) is 4.44. The molecule has 0 unspecified atom stereocenters. The maximum atomic E-state index is 12.5. The Morgan fingerprint density at radius 3 is 2.57 bits per heavy atom. The van der Waals surface area contributed by atoms with Crippen LogP contribution in [0.2, 0.25) is 0 Å². The minimum absolute atomic E-state index is 0.0224. The third kappa shape index (κ3) is 3.82. The molecule has 2 aliphatic rings. The highest BCUT2D eigenvalue weighted by molar-refractivity contribution is 5.78. The average molecular weight is 317 g/mol. The number of carbonyl (C=O) groups excluding carboxylic acids is 2. The van der Waals surface area contributed by atoms with Gasteiger partial charge in [-0.2, -0.15) is 0 Å². The van der Waals surface area contributed by atoms with Crippen LogP contribution in [0.5, 0.6) is 0 Å². The van der Waals surface area contributed by atoms with Crippen molar-refractivity contribution in [3.8, 4) is 0 Å². The topological polar surface area (TPSA) is 75.9 Å². The molecule has 1 heterocycles. The first-order valence-electron chi connectivity index (χ1n) is 8.16. The quantitative estimate of drug-likeness (QED) is 0.889. The Labute approximate surface area is 136 Å². The molecule has 2 N–H and O–H groups in total. The van der Waals surface area contributed by atoms with E-state index in [1.165, 1.54) is 0 Å². The van der Waals surface area contributed by atoms with E-state index in [2.05, 4.69) is 0 Å². The Balaban J connectivity index is 1.58. The SMILES string of the molecule is NCC(=O)N1CC[C@@H](N(C(=O)OCc2ccccc2)C2CC2)C1. The van der Waals surface area contributed by atoms with Crippen LogP contribution in [0.15, 0.2) is 30.3 Å². The van der Waals surface area contributed by atoms with Gasteiger partial charge in [-0.05, 0) is 24.8 Å². The van der Waals surface area contributed by atoms with Crippen LogP contribution in [0, 0.1) is 0 Å². The number of nitrogens with zero attached hydrogens (tertiary/aromatic N) is 2. The highest BCUT2D eigenvalue weighted by Crippen LogP contribution is 2.32. The van der Waals surface area contributed by atoms with Gasteiger partial charge in [-0.25, -0.2) is 4.79 Å². The lowest BCUT2D eigenvalue weighted by Crippen LogP contribution is -2.45. The van der Waals surface area contributed by atoms with Gasteiger partial charge in [-0.1, -0.05) is 30.3 Å². The minimum atomic E-state index is -0.275. The highest BCUT2D eigenvalue weighted by atomic mass is 16.6. The van der Waals surface area contributed by atoms with Crippen molar-refractivity contribution in [2.45, 2.75) is 38.0 Å². The van der Waals surface area contributed by atoms with Gasteiger partial charge in [0.15, 0.2) is 0 Å². The van der Waals surface area contributed by atoms with Crippen LogP contribution in [0.3, 0.4) is 0 Å². The van der Waals surface area contributed by atoms with Gasteiger partial charge in [0.1, 0.15) is 6.61 Å². The van der Waals surface area contributed by atoms with Crippen LogP contribution < -0.4 is 5.73 Å². The van der Waals surface area contributed by atoms with Crippen LogP contribution in [-0.2, 0) is 16.1 Å². The van der Waals surface area contributed by atoms with Crippen molar-refractivity contribution < 1.29 is 14.3 Å². The molecule has 1 aliphatic carbocycles. The summed E-state index contributed by atoms with van der Waals surface area (Å²) in [5.41, 5.74) is 6.40. The molecule has 1 aromatic rings. The molecule has 23 heavy (non-hydrogen) atoms. The van der Waals surface area contributed by atoms with Crippen LogP contribution in [0.4, 0.5) is 4.79 Å². The van der Waals surface area contributed by atoms with Crippen molar-refractivity contribution >= 4 is 12.0 Å². The Hall–Kier alpha value is -2.08. The number of ether oxygens (including phenoxy) is 1. The molecule has 6 nitrogen and oxygen atoms in total. The first-order chi connectivity index (χ1) is 11.2. The molecule has 124 valence electrons. The van der Waals surface area contributed by atoms with Crippen molar-refractivity contribution in [1.29, 1.82) is 0 Å². The average Bonchev–Trinajstić information content (AvgIpc) is 3.29. The highest BCUT2D eigenvalue weighted by Gasteiger charge is 2.41. The molecule has 0 radical (unpaired) electrons. The smallest absolute Gasteiger partial charge is 0.410 e. The maximum Gasteiger partial charge on any atom is 0.410 e. The monoisotopic (exact) mass is 317 g/mol. The first-order valence-corrected chi connectivity index (χ1v) is 8.16. The molecular formula is C17H23N3O3. The summed E-state index contributed by atoms with van der Waals surface area (Å²) < 4.78 is 5.48. The Morgan fingerprint density at radius 2 is 1.91 bits per heavy atom. The zero-order chi connectivity index (χ0) is 16.2. The molecule has 0 spiro atoms. The molecule has 1 aliphatic heterocycles. The van der Waals surface area contributed by atoms with Crippen molar-refractivity contribution in [2.75, 3.05) is 19.6 Å². The van der Waals surface area contributed by atoms with E-state index < -0.39 is 0 Å². The summed E-state index contributed by atoms with van der Waals surface area (Å²) in [4.78, 5) is 27.8. The second-order valence-electron chi connectivity index (χ2n) is 6.17. The Bertz CT molecular complexity index is 559. The molecule has 6 heteroatoms. The number of carbonyl (C=O) groups is 2. The van der Waals surface area contributed by atoms with E-state index in [0.717, 1.165) is 24.8 Å². The second kappa shape index (κ2) is 7.00. The van der Waals surface area contributed by atoms with Crippen molar-refractivity contribution in [1.82, 2.24) is 9.80 Å². The largest absolute Gasteiger partial charge is 0.445 e. The van der Waals surface area contributed by atoms with Crippen molar-refractivity contribution in [3.63, 3.8) is 0 Å². The number of hydrogen-bond acceptors (Lipinski definition) is 4. The fourth-order valence-corrected chi connectivity index (χ4v) is 3.07. The maximum absolute atomic E-state index is 12.5. The van der Waals surface area contributed by atoms with Gasteiger partial charge < -0.3 is 20.3 Å². The molecule has 1 atom stereocenters. The standard InChI is InChI=1S/C17H23N3O3/c18-10-16(21)19-9-8-15(11-19)20(14-6-7-14)17(22)23-12-13-4-2-1-3-5-13/h1-5,14-15H,6-12,18H2/t15-/m1/s1. The zero-order valence-electron chi connectivity index (χ0n) is 13.2. The fourth-order valence-electron chi connectivity index (χ4n) is 3.07. The summed E-state index contributed by atoms with van der Waals surface area (Å²) in [5.74, 6) is -0.0547. The van der Waals surface area contributed by atoms with Gasteiger partial charge in [0.05, 0.1) is 12.6 Å². The van der Waals surface area contributed by atoms with E-state index in [-0.39, 0.29) is 37.2 Å². The summed E-state index contributed by atoms with van der Waals surface area (Å²) in [6.45, 7) is 1.53. The van der Waals surface area contributed by atoms with Crippen LogP contribution in [0.1, 0.15) is 24.8 Å². The molecule has 1 saturated carbocycles. The number of rotatable bonds is 5. The lowest BCUT2D eigenvalue weighted by Gasteiger charge is -2.28. The van der Waals surface area contributed by atoms with Gasteiger partial charge >= 0.3 is 6.09 Å². The van der Waals surface area contributed by atoms with Crippen molar-refractivity contribution in [3.05, 3.63) is 35.9 Å². The summed E-state index contributed by atoms with van der Waals surface area (Å²) >= 11 is 0. The van der Waals surface area contributed by atoms with Gasteiger partial charge in [0.2, 0.25) is 5.91 Å². The first kappa shape index (κ1) is 15.8. The predicted octanol–water partition coefficient (Wildman–Crippen LogP) is 1.35. The van der Waals surface area contributed by atoms with Crippen molar-refractivity contribution in [2.24, 2.45) is 5.73 Å². The number of likely N-dealkylation sites (tertiary alicyclic amines) is 1. The Morgan fingerprint density at radius 1 is 1.17 bits per heavy atom. The summed E-state index contributed by atoms with van der Waals surface area (Å²) in [7, 11) is 0. The molecule has 3 rings (SSSR count). The number of hydrogen-bond donors (Lipinski definition) is 1. The second-order valence-corrected chi connectivity index (χ2v) is 6.17. The van der Waals surface area contributed by atoms with Gasteiger partial charge in [-0.15, -0.1) is 0 Å².